The molecular formula is C6H17Cl3O3Si2. The van der Waals surface area contributed by atoms with Crippen molar-refractivity contribution in [3.8, 4) is 0 Å². The van der Waals surface area contributed by atoms with Crippen LogP contribution in [0.1, 0.15) is 6.92 Å². The first-order valence-electron chi connectivity index (χ1n) is 3.96. The Bertz CT molecular complexity index is 131. The highest BCUT2D eigenvalue weighted by Crippen LogP contribution is 2.23. The van der Waals surface area contributed by atoms with Crippen molar-refractivity contribution < 1.29 is 13.3 Å². The van der Waals surface area contributed by atoms with Crippen LogP contribution in [0.3, 0.4) is 0 Å². The molecule has 0 aromatic heterocycles. The van der Waals surface area contributed by atoms with Crippen molar-refractivity contribution in [1.82, 2.24) is 0 Å². The molecule has 0 spiro atoms. The highest BCUT2D eigenvalue weighted by molar-refractivity contribution is 7.64. The lowest BCUT2D eigenvalue weighted by molar-refractivity contribution is 0.132. The minimum absolute atomic E-state index is 0.706. The van der Waals surface area contributed by atoms with Gasteiger partial charge in [-0.25, -0.2) is 0 Å². The summed E-state index contributed by atoms with van der Waals surface area (Å²) in [5.74, 6) is 0. The van der Waals surface area contributed by atoms with E-state index in [-0.39, 0.29) is 0 Å². The zero-order chi connectivity index (χ0) is 11.8. The van der Waals surface area contributed by atoms with E-state index in [0.717, 1.165) is 0 Å². The fourth-order valence-corrected chi connectivity index (χ4v) is 0.750. The van der Waals surface area contributed by atoms with Crippen LogP contribution >= 0.6 is 33.2 Å². The Kier molecular flexibility index (Phi) is 10.5. The second-order valence-electron chi connectivity index (χ2n) is 2.44. The van der Waals surface area contributed by atoms with E-state index >= 15 is 0 Å². The van der Waals surface area contributed by atoms with Crippen LogP contribution in [-0.4, -0.2) is 36.1 Å². The van der Waals surface area contributed by atoms with Gasteiger partial charge in [-0.1, -0.05) is 6.92 Å². The van der Waals surface area contributed by atoms with Crippen LogP contribution in [0.2, 0.25) is 12.6 Å². The Hall–Kier alpha value is 1.18. The standard InChI is InChI=1S/C4H12O3Si.C2H5Cl3Si/c1-5-8(4,6-2)7-3;1-2-6(3,4)5/h1-4H3;2H2,1H3. The molecule has 0 fully saturated rings. The molecule has 0 atom stereocenters. The third-order valence-corrected chi connectivity index (χ3v) is 6.95. The van der Waals surface area contributed by atoms with Crippen molar-refractivity contribution >= 4 is 48.0 Å². The Morgan fingerprint density at radius 1 is 0.929 bits per heavy atom. The molecule has 0 aliphatic heterocycles. The maximum absolute atomic E-state index is 5.39. The topological polar surface area (TPSA) is 27.7 Å². The van der Waals surface area contributed by atoms with Gasteiger partial charge in [0, 0.05) is 27.9 Å². The lowest BCUT2D eigenvalue weighted by Crippen LogP contribution is -2.38. The first kappa shape index (κ1) is 17.6. The quantitative estimate of drug-likeness (QED) is 0.589. The summed E-state index contributed by atoms with van der Waals surface area (Å²) < 4.78 is 14.8. The smallest absolute Gasteiger partial charge is 0.377 e. The molecule has 0 rings (SSSR count). The molecule has 0 aliphatic carbocycles. The van der Waals surface area contributed by atoms with Crippen LogP contribution in [0, 0.1) is 0 Å². The van der Waals surface area contributed by atoms with Gasteiger partial charge in [-0.3, -0.25) is 0 Å². The highest BCUT2D eigenvalue weighted by atomic mass is 35.8. The van der Waals surface area contributed by atoms with Gasteiger partial charge in [0.25, 0.3) is 0 Å². The molecule has 14 heavy (non-hydrogen) atoms. The van der Waals surface area contributed by atoms with Crippen molar-refractivity contribution in [2.24, 2.45) is 0 Å². The Labute approximate surface area is 102 Å². The van der Waals surface area contributed by atoms with Crippen molar-refractivity contribution in [1.29, 1.82) is 0 Å². The van der Waals surface area contributed by atoms with E-state index in [1.54, 1.807) is 21.3 Å². The highest BCUT2D eigenvalue weighted by Gasteiger charge is 2.29. The summed E-state index contributed by atoms with van der Waals surface area (Å²) in [6.07, 6.45) is 0. The molecule has 0 aromatic carbocycles. The largest absolute Gasteiger partial charge is 0.496 e. The van der Waals surface area contributed by atoms with Gasteiger partial charge >= 0.3 is 14.8 Å². The summed E-state index contributed by atoms with van der Waals surface area (Å²) in [6.45, 7) is 3.70. The molecule has 0 aromatic rings. The maximum Gasteiger partial charge on any atom is 0.496 e. The average molecular weight is 300 g/mol. The van der Waals surface area contributed by atoms with Gasteiger partial charge in [0.1, 0.15) is 0 Å². The Balaban J connectivity index is 0. The van der Waals surface area contributed by atoms with Gasteiger partial charge in [-0.15, -0.1) is 33.2 Å². The summed E-state index contributed by atoms with van der Waals surface area (Å²) in [7, 11) is 2.58. The minimum Gasteiger partial charge on any atom is -0.377 e. The van der Waals surface area contributed by atoms with E-state index in [4.69, 9.17) is 46.5 Å². The van der Waals surface area contributed by atoms with Gasteiger partial charge in [-0.2, -0.15) is 0 Å². The number of rotatable bonds is 4. The fourth-order valence-electron chi connectivity index (χ4n) is 0.250. The second kappa shape index (κ2) is 8.35. The minimum atomic E-state index is -2.21. The predicted octanol–water partition coefficient (Wildman–Crippen LogP) is 3.16. The normalized spacial score (nSPS) is 12.0. The first-order chi connectivity index (χ1) is 6.24. The van der Waals surface area contributed by atoms with Crippen LogP contribution in [0.5, 0.6) is 0 Å². The van der Waals surface area contributed by atoms with Crippen molar-refractivity contribution in [3.05, 3.63) is 0 Å². The third-order valence-electron chi connectivity index (χ3n) is 1.51. The number of halogens is 3. The van der Waals surface area contributed by atoms with E-state index in [2.05, 4.69) is 0 Å². The Morgan fingerprint density at radius 2 is 1.14 bits per heavy atom. The molecule has 88 valence electrons. The zero-order valence-electron chi connectivity index (χ0n) is 9.07. The summed E-state index contributed by atoms with van der Waals surface area (Å²) in [6, 6.07) is -1.51. The number of hydrogen-bond acceptors (Lipinski definition) is 3. The van der Waals surface area contributed by atoms with Crippen LogP contribution < -0.4 is 0 Å². The van der Waals surface area contributed by atoms with Crippen LogP contribution in [0.15, 0.2) is 0 Å². The summed E-state index contributed by atoms with van der Waals surface area (Å²) in [5, 5.41) is 0. The molecule has 0 amide bonds. The molecular weight excluding hydrogens is 283 g/mol. The molecule has 0 bridgehead atoms. The van der Waals surface area contributed by atoms with Crippen molar-refractivity contribution in [2.45, 2.75) is 19.5 Å². The number of hydrogen-bond donors (Lipinski definition) is 0. The van der Waals surface area contributed by atoms with Crippen LogP contribution in [0.25, 0.3) is 0 Å². The van der Waals surface area contributed by atoms with E-state index in [0.29, 0.717) is 6.04 Å². The SMILES string of the molecule is CC[Si](Cl)(Cl)Cl.CO[Si](C)(OC)OC. The van der Waals surface area contributed by atoms with E-state index in [1.165, 1.54) is 0 Å². The van der Waals surface area contributed by atoms with E-state index in [9.17, 15) is 0 Å². The lowest BCUT2D eigenvalue weighted by Gasteiger charge is -2.18. The molecule has 8 heteroatoms. The third kappa shape index (κ3) is 11.3. The predicted molar refractivity (Wildman–Crippen MR) is 66.4 cm³/mol. The first-order valence-corrected chi connectivity index (χ1v) is 11.4. The molecule has 0 N–H and O–H groups in total. The fraction of sp³-hybridized carbons (Fsp3) is 1.00. The van der Waals surface area contributed by atoms with Crippen molar-refractivity contribution in [3.63, 3.8) is 0 Å². The van der Waals surface area contributed by atoms with Gasteiger partial charge < -0.3 is 13.3 Å². The van der Waals surface area contributed by atoms with Gasteiger partial charge in [0.05, 0.1) is 0 Å². The molecule has 0 heterocycles. The molecule has 0 saturated carbocycles. The molecule has 3 nitrogen and oxygen atoms in total. The molecule has 0 unspecified atom stereocenters. The van der Waals surface area contributed by atoms with E-state index < -0.39 is 14.8 Å². The lowest BCUT2D eigenvalue weighted by atomic mass is 11.0. The average Bonchev–Trinajstić information content (AvgIpc) is 2.16. The van der Waals surface area contributed by atoms with E-state index in [1.807, 2.05) is 13.5 Å². The van der Waals surface area contributed by atoms with Crippen LogP contribution in [0.4, 0.5) is 0 Å². The monoisotopic (exact) mass is 298 g/mol. The summed E-state index contributed by atoms with van der Waals surface area (Å²) in [5.41, 5.74) is 0. The molecule has 0 aliphatic rings. The van der Waals surface area contributed by atoms with Gasteiger partial charge in [0.2, 0.25) is 0 Å². The molecule has 0 saturated heterocycles. The van der Waals surface area contributed by atoms with Gasteiger partial charge in [-0.05, 0) is 6.04 Å². The Morgan fingerprint density at radius 3 is 1.14 bits per heavy atom. The summed E-state index contributed by atoms with van der Waals surface area (Å²) >= 11 is 16.2. The molecule has 0 radical (unpaired) electrons. The van der Waals surface area contributed by atoms with Crippen molar-refractivity contribution in [2.75, 3.05) is 21.3 Å². The van der Waals surface area contributed by atoms with Gasteiger partial charge in [0.15, 0.2) is 0 Å². The summed E-state index contributed by atoms with van der Waals surface area (Å²) in [4.78, 5) is 0. The van der Waals surface area contributed by atoms with Crippen LogP contribution in [-0.2, 0) is 13.3 Å². The second-order valence-corrected chi connectivity index (χ2v) is 14.9. The zero-order valence-corrected chi connectivity index (χ0v) is 13.3. The maximum atomic E-state index is 5.39.